The largest absolute Gasteiger partial charge is 0.362 e. The molecule has 4 rings (SSSR count). The number of nitrogens with one attached hydrogen (secondary N) is 1. The Kier molecular flexibility index (Phi) is 23.9. The van der Waals surface area contributed by atoms with E-state index in [0.717, 1.165) is 30.5 Å². The van der Waals surface area contributed by atoms with E-state index in [1.54, 1.807) is 12.2 Å². The average Bonchev–Trinajstić information content (AvgIpc) is 3.12. The number of hydrogen-bond acceptors (Lipinski definition) is 1. The Hall–Kier alpha value is -4.62. The van der Waals surface area contributed by atoms with Gasteiger partial charge in [0.15, 0.2) is 0 Å². The minimum Gasteiger partial charge on any atom is -0.362 e. The summed E-state index contributed by atoms with van der Waals surface area (Å²) >= 11 is 0. The van der Waals surface area contributed by atoms with Gasteiger partial charge in [-0.3, -0.25) is 0 Å². The fraction of sp³-hybridized carbons (Fsp3) is 0.244. The maximum Gasteiger partial charge on any atom is 0.0379 e. The molecule has 2 atom stereocenters. The fourth-order valence-corrected chi connectivity index (χ4v) is 4.52. The topological polar surface area (TPSA) is 12.0 Å². The molecule has 0 spiro atoms. The van der Waals surface area contributed by atoms with Crippen LogP contribution in [0.3, 0.4) is 0 Å². The maximum absolute atomic E-state index is 3.91. The van der Waals surface area contributed by atoms with Gasteiger partial charge in [-0.05, 0) is 93.1 Å². The average molecular weight is 612 g/mol. The van der Waals surface area contributed by atoms with Crippen molar-refractivity contribution in [1.29, 1.82) is 0 Å². The summed E-state index contributed by atoms with van der Waals surface area (Å²) in [7, 11) is 0. The van der Waals surface area contributed by atoms with E-state index in [-0.39, 0.29) is 0 Å². The number of hydrogen-bond donors (Lipinski definition) is 1. The van der Waals surface area contributed by atoms with Crippen LogP contribution in [0, 0.1) is 11.8 Å². The first-order valence-electron chi connectivity index (χ1n) is 16.6. The highest BCUT2D eigenvalue weighted by Gasteiger charge is 2.13. The van der Waals surface area contributed by atoms with Crippen LogP contribution in [0.2, 0.25) is 0 Å². The van der Waals surface area contributed by atoms with Crippen LogP contribution >= 0.6 is 0 Å². The van der Waals surface area contributed by atoms with Gasteiger partial charge < -0.3 is 5.32 Å². The molecule has 0 bridgehead atoms. The second kappa shape index (κ2) is 27.9. The van der Waals surface area contributed by atoms with Gasteiger partial charge in [0, 0.05) is 11.9 Å². The summed E-state index contributed by atoms with van der Waals surface area (Å²) in [5.41, 5.74) is 5.00. The lowest BCUT2D eigenvalue weighted by Gasteiger charge is -2.20. The lowest BCUT2D eigenvalue weighted by Crippen LogP contribution is -2.05. The Balaban J connectivity index is 0.000000339. The van der Waals surface area contributed by atoms with Crippen molar-refractivity contribution in [3.63, 3.8) is 0 Å². The second-order valence-electron chi connectivity index (χ2n) is 11.0. The van der Waals surface area contributed by atoms with Crippen LogP contribution < -0.4 is 5.32 Å². The molecule has 3 aliphatic carbocycles. The van der Waals surface area contributed by atoms with E-state index in [1.165, 1.54) is 36.8 Å². The lowest BCUT2D eigenvalue weighted by atomic mass is 9.85. The van der Waals surface area contributed by atoms with Crippen molar-refractivity contribution in [2.45, 2.75) is 58.8 Å². The molecule has 0 saturated carbocycles. The van der Waals surface area contributed by atoms with Gasteiger partial charge in [-0.1, -0.05) is 159 Å². The standard InChI is InChI=1S/C17H24.C16H17N.2C6H8/c1-5-8-15(7-3)12-16-11-10-14(4)17(13-16)9-6-2;1-3-5-6-10-13-17-16(4-2)14-15-11-8-7-9-12-15;2*1-2-4-6-5-3-1/h5-7,9,11,13-15H,1,3,8,10,12H2,2,4H3;3-14,17H,1-2H2;2*1-4H,5-6H2/b9-6-;6-5-,13-10+,16-14+;;. The van der Waals surface area contributed by atoms with Crippen LogP contribution in [0.1, 0.15) is 64.4 Å². The zero-order valence-electron chi connectivity index (χ0n) is 28.4. The second-order valence-corrected chi connectivity index (χ2v) is 11.0. The zero-order chi connectivity index (χ0) is 33.5. The van der Waals surface area contributed by atoms with E-state index in [4.69, 9.17) is 0 Å². The highest BCUT2D eigenvalue weighted by molar-refractivity contribution is 5.55. The van der Waals surface area contributed by atoms with Crippen LogP contribution in [-0.4, -0.2) is 0 Å². The van der Waals surface area contributed by atoms with E-state index < -0.39 is 0 Å². The van der Waals surface area contributed by atoms with Gasteiger partial charge in [-0.25, -0.2) is 0 Å². The van der Waals surface area contributed by atoms with Crippen molar-refractivity contribution in [2.24, 2.45) is 11.8 Å². The van der Waals surface area contributed by atoms with E-state index in [1.807, 2.05) is 73.0 Å². The number of allylic oxidation sites excluding steroid dienone is 21. The highest BCUT2D eigenvalue weighted by Crippen LogP contribution is 2.29. The summed E-state index contributed by atoms with van der Waals surface area (Å²) in [4.78, 5) is 0. The molecule has 0 aliphatic heterocycles. The van der Waals surface area contributed by atoms with Crippen LogP contribution in [0.4, 0.5) is 0 Å². The van der Waals surface area contributed by atoms with E-state index in [0.29, 0.717) is 11.8 Å². The molecule has 0 aromatic heterocycles. The van der Waals surface area contributed by atoms with Gasteiger partial charge in [0.1, 0.15) is 0 Å². The summed E-state index contributed by atoms with van der Waals surface area (Å²) in [5.74, 6) is 1.17. The van der Waals surface area contributed by atoms with Crippen molar-refractivity contribution in [3.8, 4) is 0 Å². The van der Waals surface area contributed by atoms with Crippen LogP contribution in [0.25, 0.3) is 6.08 Å². The lowest BCUT2D eigenvalue weighted by molar-refractivity contribution is 0.640. The van der Waals surface area contributed by atoms with Gasteiger partial charge in [-0.15, -0.1) is 13.2 Å². The molecule has 1 aromatic rings. The zero-order valence-corrected chi connectivity index (χ0v) is 28.4. The summed E-state index contributed by atoms with van der Waals surface area (Å²) < 4.78 is 0. The van der Waals surface area contributed by atoms with Gasteiger partial charge in [-0.2, -0.15) is 0 Å². The van der Waals surface area contributed by atoms with Crippen LogP contribution in [0.5, 0.6) is 0 Å². The number of rotatable bonds is 12. The minimum absolute atomic E-state index is 0.523. The van der Waals surface area contributed by atoms with Crippen molar-refractivity contribution in [3.05, 3.63) is 201 Å². The van der Waals surface area contributed by atoms with Crippen molar-refractivity contribution < 1.29 is 0 Å². The van der Waals surface area contributed by atoms with E-state index >= 15 is 0 Å². The van der Waals surface area contributed by atoms with Crippen LogP contribution in [-0.2, 0) is 0 Å². The predicted octanol–water partition coefficient (Wildman–Crippen LogP) is 13.1. The smallest absolute Gasteiger partial charge is 0.0379 e. The Morgan fingerprint density at radius 2 is 1.50 bits per heavy atom. The third-order valence-electron chi connectivity index (χ3n) is 7.13. The Morgan fingerprint density at radius 1 is 0.870 bits per heavy atom. The summed E-state index contributed by atoms with van der Waals surface area (Å²) in [6.07, 6.45) is 51.5. The fourth-order valence-electron chi connectivity index (χ4n) is 4.52. The molecule has 0 amide bonds. The van der Waals surface area contributed by atoms with E-state index in [9.17, 15) is 0 Å². The monoisotopic (exact) mass is 611 g/mol. The molecule has 46 heavy (non-hydrogen) atoms. The molecule has 0 heterocycles. The first-order chi connectivity index (χ1) is 22.6. The van der Waals surface area contributed by atoms with Gasteiger partial charge >= 0.3 is 0 Å². The molecule has 242 valence electrons. The van der Waals surface area contributed by atoms with Crippen molar-refractivity contribution >= 4 is 6.08 Å². The Bertz CT molecular complexity index is 1270. The number of benzene rings is 1. The van der Waals surface area contributed by atoms with Crippen molar-refractivity contribution in [2.75, 3.05) is 0 Å². The molecule has 3 aliphatic rings. The van der Waals surface area contributed by atoms with Gasteiger partial charge in [0.25, 0.3) is 0 Å². The first-order valence-corrected chi connectivity index (χ1v) is 16.6. The molecule has 0 fully saturated rings. The van der Waals surface area contributed by atoms with Gasteiger partial charge in [0.05, 0.1) is 0 Å². The molecule has 0 saturated heterocycles. The maximum atomic E-state index is 3.91. The van der Waals surface area contributed by atoms with E-state index in [2.05, 4.69) is 118 Å². The Morgan fingerprint density at radius 3 is 1.98 bits per heavy atom. The molecule has 0 radical (unpaired) electrons. The summed E-state index contributed by atoms with van der Waals surface area (Å²) in [6, 6.07) is 10.1. The SMILES string of the molecule is C1=CCCC=C1.C1=CCCC=C1.C=C/C=C\C=C\N/C(C=C)=C/c1ccccc1.C=CCC(C=C)CC1=CCC(C)C(/C=C\C)=C1. The van der Waals surface area contributed by atoms with Gasteiger partial charge in [0.2, 0.25) is 0 Å². The molecule has 1 N–H and O–H groups in total. The minimum atomic E-state index is 0.523. The van der Waals surface area contributed by atoms with Crippen molar-refractivity contribution in [1.82, 2.24) is 5.32 Å². The molecule has 2 unspecified atom stereocenters. The first kappa shape index (κ1) is 39.4. The third kappa shape index (κ3) is 20.4. The normalized spacial score (nSPS) is 17.3. The molecular weight excluding hydrogens is 555 g/mol. The third-order valence-corrected chi connectivity index (χ3v) is 7.13. The highest BCUT2D eigenvalue weighted by atomic mass is 14.8. The molecule has 1 heteroatoms. The molecular formula is C45H57N. The molecule has 1 nitrogen and oxygen atoms in total. The summed E-state index contributed by atoms with van der Waals surface area (Å²) in [6.45, 7) is 19.4. The van der Waals surface area contributed by atoms with Crippen LogP contribution in [0.15, 0.2) is 195 Å². The molecule has 1 aromatic carbocycles. The quantitative estimate of drug-likeness (QED) is 0.183. The summed E-state index contributed by atoms with van der Waals surface area (Å²) in [5, 5.41) is 3.15. The predicted molar refractivity (Wildman–Crippen MR) is 209 cm³/mol. The Labute approximate surface area is 282 Å².